The molecule has 0 saturated carbocycles. The van der Waals surface area contributed by atoms with E-state index in [9.17, 15) is 9.50 Å². The lowest BCUT2D eigenvalue weighted by Gasteiger charge is -2.17. The molecule has 0 heterocycles. The maximum absolute atomic E-state index is 13.8. The van der Waals surface area contributed by atoms with E-state index in [4.69, 9.17) is 11.6 Å². The second-order valence-electron chi connectivity index (χ2n) is 4.76. The van der Waals surface area contributed by atoms with Gasteiger partial charge in [0.05, 0.1) is 0 Å². The van der Waals surface area contributed by atoms with E-state index in [1.807, 2.05) is 19.2 Å². The van der Waals surface area contributed by atoms with Gasteiger partial charge in [0.25, 0.3) is 0 Å². The molecule has 1 atom stereocenters. The Morgan fingerprint density at radius 1 is 1.15 bits per heavy atom. The predicted octanol–water partition coefficient (Wildman–Crippen LogP) is 3.56. The maximum Gasteiger partial charge on any atom is 0.127 e. The number of hydrogen-bond acceptors (Lipinski definition) is 2. The summed E-state index contributed by atoms with van der Waals surface area (Å²) in [7, 11) is 1.85. The topological polar surface area (TPSA) is 32.3 Å². The van der Waals surface area contributed by atoms with E-state index >= 15 is 0 Å². The molecule has 0 fully saturated rings. The fraction of sp³-hybridized carbons (Fsp3) is 0.250. The van der Waals surface area contributed by atoms with E-state index < -0.39 is 0 Å². The first-order chi connectivity index (χ1) is 9.60. The highest BCUT2D eigenvalue weighted by atomic mass is 35.5. The summed E-state index contributed by atoms with van der Waals surface area (Å²) in [6.45, 7) is 0. The molecule has 2 aromatic rings. The molecule has 0 aliphatic carbocycles. The van der Waals surface area contributed by atoms with Gasteiger partial charge in [0.15, 0.2) is 0 Å². The van der Waals surface area contributed by atoms with Crippen molar-refractivity contribution in [2.75, 3.05) is 7.05 Å². The maximum atomic E-state index is 13.8. The number of phenols is 1. The largest absolute Gasteiger partial charge is 0.508 e. The predicted molar refractivity (Wildman–Crippen MR) is 79.8 cm³/mol. The average Bonchev–Trinajstić information content (AvgIpc) is 2.44. The highest BCUT2D eigenvalue weighted by molar-refractivity contribution is 6.31. The van der Waals surface area contributed by atoms with Gasteiger partial charge >= 0.3 is 0 Å². The number of hydrogen-bond donors (Lipinski definition) is 2. The van der Waals surface area contributed by atoms with Crippen LogP contribution in [0.3, 0.4) is 0 Å². The number of phenolic OH excluding ortho intramolecular Hbond substituents is 1. The molecule has 0 spiro atoms. The van der Waals surface area contributed by atoms with Crippen molar-refractivity contribution < 1.29 is 9.50 Å². The second-order valence-corrected chi connectivity index (χ2v) is 5.17. The van der Waals surface area contributed by atoms with Gasteiger partial charge in [-0.05, 0) is 49.7 Å². The van der Waals surface area contributed by atoms with Crippen LogP contribution in [0.15, 0.2) is 42.5 Å². The zero-order chi connectivity index (χ0) is 14.5. The Balaban J connectivity index is 2.11. The average molecular weight is 294 g/mol. The summed E-state index contributed by atoms with van der Waals surface area (Å²) in [4.78, 5) is 0. The lowest BCUT2D eigenvalue weighted by molar-refractivity contribution is 0.474. The molecule has 0 radical (unpaired) electrons. The van der Waals surface area contributed by atoms with E-state index in [-0.39, 0.29) is 17.6 Å². The highest BCUT2D eigenvalue weighted by Crippen LogP contribution is 2.21. The summed E-state index contributed by atoms with van der Waals surface area (Å²) in [6, 6.07) is 11.8. The van der Waals surface area contributed by atoms with Gasteiger partial charge in [-0.1, -0.05) is 29.8 Å². The number of benzene rings is 2. The first kappa shape index (κ1) is 14.8. The summed E-state index contributed by atoms with van der Waals surface area (Å²) in [5, 5.41) is 12.9. The third kappa shape index (κ3) is 3.71. The molecular weight excluding hydrogens is 277 g/mol. The van der Waals surface area contributed by atoms with Gasteiger partial charge < -0.3 is 10.4 Å². The number of halogens is 2. The summed E-state index contributed by atoms with van der Waals surface area (Å²) < 4.78 is 13.8. The van der Waals surface area contributed by atoms with Gasteiger partial charge in [0.1, 0.15) is 11.6 Å². The first-order valence-electron chi connectivity index (χ1n) is 6.48. The Morgan fingerprint density at radius 3 is 2.45 bits per heavy atom. The third-order valence-corrected chi connectivity index (χ3v) is 3.69. The van der Waals surface area contributed by atoms with Crippen LogP contribution < -0.4 is 5.32 Å². The van der Waals surface area contributed by atoms with E-state index in [0.29, 0.717) is 17.0 Å². The molecule has 0 aromatic heterocycles. The van der Waals surface area contributed by atoms with Crippen LogP contribution in [0.5, 0.6) is 5.75 Å². The monoisotopic (exact) mass is 293 g/mol. The molecule has 0 saturated heterocycles. The third-order valence-electron chi connectivity index (χ3n) is 3.34. The van der Waals surface area contributed by atoms with Crippen molar-refractivity contribution in [3.63, 3.8) is 0 Å². The fourth-order valence-electron chi connectivity index (χ4n) is 2.17. The molecular formula is C16H17ClFNO. The summed E-state index contributed by atoms with van der Waals surface area (Å²) in [5.41, 5.74) is 1.61. The Morgan fingerprint density at radius 2 is 1.85 bits per heavy atom. The molecule has 4 heteroatoms. The molecule has 20 heavy (non-hydrogen) atoms. The normalized spacial score (nSPS) is 12.3. The first-order valence-corrected chi connectivity index (χ1v) is 6.86. The number of likely N-dealkylation sites (N-methyl/N-ethyl adjacent to an activating group) is 1. The quantitative estimate of drug-likeness (QED) is 0.883. The van der Waals surface area contributed by atoms with E-state index in [1.165, 1.54) is 6.07 Å². The fourth-order valence-corrected chi connectivity index (χ4v) is 2.41. The Labute approximate surface area is 123 Å². The molecule has 0 bridgehead atoms. The van der Waals surface area contributed by atoms with E-state index in [2.05, 4.69) is 5.32 Å². The number of aromatic hydroxyl groups is 1. The molecule has 1 unspecified atom stereocenters. The van der Waals surface area contributed by atoms with Crippen molar-refractivity contribution in [1.29, 1.82) is 0 Å². The minimum atomic E-state index is -0.275. The smallest absolute Gasteiger partial charge is 0.127 e. The van der Waals surface area contributed by atoms with Crippen LogP contribution in [0, 0.1) is 5.82 Å². The molecule has 0 amide bonds. The van der Waals surface area contributed by atoms with Crippen molar-refractivity contribution in [2.24, 2.45) is 0 Å². The zero-order valence-electron chi connectivity index (χ0n) is 11.2. The molecule has 106 valence electrons. The molecule has 2 rings (SSSR count). The SMILES string of the molecule is CNC(Cc1ccc(O)cc1)Cc1c(F)cccc1Cl. The van der Waals surface area contributed by atoms with Crippen molar-refractivity contribution in [1.82, 2.24) is 5.32 Å². The lowest BCUT2D eigenvalue weighted by atomic mass is 9.98. The second kappa shape index (κ2) is 6.73. The van der Waals surface area contributed by atoms with Crippen molar-refractivity contribution in [3.8, 4) is 5.75 Å². The molecule has 0 aliphatic heterocycles. The van der Waals surface area contributed by atoms with Crippen LogP contribution in [0.4, 0.5) is 4.39 Å². The Kier molecular flexibility index (Phi) is 4.99. The lowest BCUT2D eigenvalue weighted by Crippen LogP contribution is -2.30. The van der Waals surface area contributed by atoms with Gasteiger partial charge in [0.2, 0.25) is 0 Å². The van der Waals surface area contributed by atoms with Crippen LogP contribution >= 0.6 is 11.6 Å². The van der Waals surface area contributed by atoms with Crippen LogP contribution in [0.25, 0.3) is 0 Å². The standard InChI is InChI=1S/C16H17ClFNO/c1-19-12(9-11-5-7-13(20)8-6-11)10-14-15(17)3-2-4-16(14)18/h2-8,12,19-20H,9-10H2,1H3. The van der Waals surface area contributed by atoms with Gasteiger partial charge in [-0.25, -0.2) is 4.39 Å². The van der Waals surface area contributed by atoms with E-state index in [1.54, 1.807) is 24.3 Å². The van der Waals surface area contributed by atoms with Gasteiger partial charge in [-0.3, -0.25) is 0 Å². The van der Waals surface area contributed by atoms with Crippen LogP contribution in [0.1, 0.15) is 11.1 Å². The summed E-state index contributed by atoms with van der Waals surface area (Å²) >= 11 is 6.05. The van der Waals surface area contributed by atoms with Gasteiger partial charge in [-0.2, -0.15) is 0 Å². The van der Waals surface area contributed by atoms with Crippen molar-refractivity contribution in [2.45, 2.75) is 18.9 Å². The van der Waals surface area contributed by atoms with Crippen LogP contribution in [0.2, 0.25) is 5.02 Å². The number of rotatable bonds is 5. The number of nitrogens with one attached hydrogen (secondary N) is 1. The minimum Gasteiger partial charge on any atom is -0.508 e. The Hall–Kier alpha value is -1.58. The molecule has 2 aromatic carbocycles. The van der Waals surface area contributed by atoms with E-state index in [0.717, 1.165) is 12.0 Å². The summed E-state index contributed by atoms with van der Waals surface area (Å²) in [5.74, 6) is -0.0321. The van der Waals surface area contributed by atoms with Crippen molar-refractivity contribution in [3.05, 3.63) is 64.4 Å². The molecule has 0 aliphatic rings. The zero-order valence-corrected chi connectivity index (χ0v) is 12.0. The minimum absolute atomic E-state index is 0.0777. The van der Waals surface area contributed by atoms with Crippen LogP contribution in [-0.4, -0.2) is 18.2 Å². The van der Waals surface area contributed by atoms with Crippen molar-refractivity contribution >= 4 is 11.6 Å². The molecule has 2 N–H and O–H groups in total. The molecule has 2 nitrogen and oxygen atoms in total. The summed E-state index contributed by atoms with van der Waals surface area (Å²) in [6.07, 6.45) is 1.25. The Bertz CT molecular complexity index is 551. The van der Waals surface area contributed by atoms with Gasteiger partial charge in [-0.15, -0.1) is 0 Å². The highest BCUT2D eigenvalue weighted by Gasteiger charge is 2.14. The van der Waals surface area contributed by atoms with Gasteiger partial charge in [0, 0.05) is 16.6 Å². The van der Waals surface area contributed by atoms with Crippen LogP contribution in [-0.2, 0) is 12.8 Å².